The monoisotopic (exact) mass is 392 g/mol. The Kier molecular flexibility index (Phi) is 4.88. The Morgan fingerprint density at radius 2 is 2.15 bits per heavy atom. The van der Waals surface area contributed by atoms with E-state index in [0.717, 1.165) is 0 Å². The number of fused-ring (bicyclic) bond motifs is 1. The average molecular weight is 392 g/mol. The van der Waals surface area contributed by atoms with E-state index < -0.39 is 44.5 Å². The fraction of sp³-hybridized carbons (Fsp3) is 0.583. The molecular formula is C12H19N5O8P+. The minimum Gasteiger partial charge on any atom is -0.387 e. The Bertz CT molecular complexity index is 922. The summed E-state index contributed by atoms with van der Waals surface area (Å²) in [6, 6.07) is 0. The second-order valence-corrected chi connectivity index (χ2v) is 7.04. The van der Waals surface area contributed by atoms with E-state index in [4.69, 9.17) is 14.5 Å². The van der Waals surface area contributed by atoms with Crippen molar-refractivity contribution < 1.29 is 38.4 Å². The zero-order chi connectivity index (χ0) is 19.2. The third-order valence-electron chi connectivity index (χ3n) is 4.03. The van der Waals surface area contributed by atoms with Crippen LogP contribution in [0, 0.1) is 0 Å². The third-order valence-corrected chi connectivity index (χ3v) is 4.51. The molecule has 144 valence electrons. The molecule has 1 aliphatic rings. The minimum absolute atomic E-state index is 0.188. The summed E-state index contributed by atoms with van der Waals surface area (Å²) in [5.41, 5.74) is -0.0207. The van der Waals surface area contributed by atoms with Gasteiger partial charge in [0, 0.05) is 7.05 Å². The first-order valence-corrected chi connectivity index (χ1v) is 9.05. The number of anilines is 1. The highest BCUT2D eigenvalue weighted by atomic mass is 31.2. The van der Waals surface area contributed by atoms with Crippen LogP contribution in [0.2, 0.25) is 0 Å². The molecular weight excluding hydrogens is 373 g/mol. The highest BCUT2D eigenvalue weighted by Gasteiger charge is 2.47. The number of hydrogen-bond acceptors (Lipinski definition) is 8. The van der Waals surface area contributed by atoms with E-state index in [2.05, 4.69) is 19.8 Å². The summed E-state index contributed by atoms with van der Waals surface area (Å²) < 4.78 is 23.5. The summed E-state index contributed by atoms with van der Waals surface area (Å²) in [4.78, 5) is 36.5. The number of aromatic nitrogens is 4. The number of aryl methyl sites for hydroxylation is 1. The number of nitrogens with zero attached hydrogens (tertiary/aromatic N) is 3. The van der Waals surface area contributed by atoms with Gasteiger partial charge in [0.05, 0.1) is 13.7 Å². The first kappa shape index (κ1) is 18.9. The fourth-order valence-electron chi connectivity index (χ4n) is 2.82. The summed E-state index contributed by atoms with van der Waals surface area (Å²) in [6.07, 6.45) is -3.76. The van der Waals surface area contributed by atoms with Crippen LogP contribution in [0.5, 0.6) is 0 Å². The molecule has 4 atom stereocenters. The van der Waals surface area contributed by atoms with Crippen LogP contribution in [0.4, 0.5) is 5.95 Å². The third kappa shape index (κ3) is 3.38. The van der Waals surface area contributed by atoms with Gasteiger partial charge in [-0.15, -0.1) is 0 Å². The number of aliphatic hydroxyl groups is 2. The Balaban J connectivity index is 1.97. The van der Waals surface area contributed by atoms with Crippen LogP contribution in [-0.4, -0.2) is 66.5 Å². The molecule has 0 radical (unpaired) electrons. The first-order chi connectivity index (χ1) is 12.1. The highest BCUT2D eigenvalue weighted by Crippen LogP contribution is 2.37. The smallest absolute Gasteiger partial charge is 0.387 e. The van der Waals surface area contributed by atoms with Gasteiger partial charge in [0.15, 0.2) is 6.33 Å². The fourth-order valence-corrected chi connectivity index (χ4v) is 3.17. The number of ether oxygens (including phenoxy) is 1. The number of aliphatic hydroxyl groups excluding tert-OH is 2. The van der Waals surface area contributed by atoms with Crippen LogP contribution in [0.15, 0.2) is 11.1 Å². The second-order valence-electron chi connectivity index (χ2n) is 5.80. The number of H-pyrrole nitrogens is 1. The Morgan fingerprint density at radius 3 is 2.77 bits per heavy atom. The SMILES string of the molecule is CNc1nc2c(c(=O)[nH]1)n(C)c[n+]2[C@@H]1O[C@H](COP(=O)(O)O)[C@@H](O)[C@H]1O. The van der Waals surface area contributed by atoms with Crippen molar-refractivity contribution >= 4 is 24.9 Å². The molecule has 1 saturated heterocycles. The van der Waals surface area contributed by atoms with Crippen molar-refractivity contribution in [1.82, 2.24) is 14.5 Å². The van der Waals surface area contributed by atoms with Crippen molar-refractivity contribution in [1.29, 1.82) is 0 Å². The molecule has 0 amide bonds. The molecule has 1 fully saturated rings. The van der Waals surface area contributed by atoms with Crippen molar-refractivity contribution in [2.75, 3.05) is 19.0 Å². The number of aromatic amines is 1. The standard InChI is InChI=1S/C12H18N5O8P/c1-13-12-14-9-6(10(20)15-12)16(2)4-17(9)11-8(19)7(18)5(25-11)3-24-26(21,22)23/h4-5,7-8,11,18-19H,3H2,1-2H3,(H3-,13,14,15,20,21,22,23)/p+1/t5-,7-,8-,11-/m1/s1. The molecule has 2 aromatic rings. The number of rotatable bonds is 5. The lowest BCUT2D eigenvalue weighted by molar-refractivity contribution is -0.745. The summed E-state index contributed by atoms with van der Waals surface area (Å²) in [5, 5.41) is 23.1. The van der Waals surface area contributed by atoms with Gasteiger partial charge in [0.1, 0.15) is 18.3 Å². The van der Waals surface area contributed by atoms with Gasteiger partial charge >= 0.3 is 13.5 Å². The van der Waals surface area contributed by atoms with E-state index in [1.54, 1.807) is 14.1 Å². The lowest BCUT2D eigenvalue weighted by atomic mass is 10.1. The molecule has 0 aliphatic carbocycles. The van der Waals surface area contributed by atoms with E-state index in [1.165, 1.54) is 15.5 Å². The van der Waals surface area contributed by atoms with Crippen LogP contribution < -0.4 is 15.4 Å². The molecule has 0 bridgehead atoms. The zero-order valence-corrected chi connectivity index (χ0v) is 14.7. The van der Waals surface area contributed by atoms with Gasteiger partial charge in [-0.1, -0.05) is 4.98 Å². The second kappa shape index (κ2) is 6.70. The van der Waals surface area contributed by atoms with Crippen LogP contribution in [0.1, 0.15) is 6.23 Å². The van der Waals surface area contributed by atoms with Gasteiger partial charge < -0.3 is 30.1 Å². The molecule has 3 heterocycles. The molecule has 2 aromatic heterocycles. The molecule has 14 heteroatoms. The topological polar surface area (TPSA) is 183 Å². The Morgan fingerprint density at radius 1 is 1.46 bits per heavy atom. The number of phosphoric ester groups is 1. The quantitative estimate of drug-likeness (QED) is 0.232. The van der Waals surface area contributed by atoms with Crippen molar-refractivity contribution in [3.63, 3.8) is 0 Å². The summed E-state index contributed by atoms with van der Waals surface area (Å²) in [5.74, 6) is 0.192. The molecule has 0 unspecified atom stereocenters. The van der Waals surface area contributed by atoms with Crippen LogP contribution in [0.25, 0.3) is 11.2 Å². The predicted octanol–water partition coefficient (Wildman–Crippen LogP) is -2.68. The number of imidazole rings is 1. The maximum atomic E-state index is 12.2. The van der Waals surface area contributed by atoms with Crippen molar-refractivity contribution in [2.24, 2.45) is 7.05 Å². The molecule has 26 heavy (non-hydrogen) atoms. The molecule has 0 saturated carbocycles. The maximum absolute atomic E-state index is 12.2. The summed E-state index contributed by atoms with van der Waals surface area (Å²) in [7, 11) is -1.59. The van der Waals surface area contributed by atoms with Gasteiger partial charge in [0.25, 0.3) is 11.5 Å². The van der Waals surface area contributed by atoms with Gasteiger partial charge in [-0.05, 0) is 0 Å². The van der Waals surface area contributed by atoms with Crippen LogP contribution >= 0.6 is 7.82 Å². The molecule has 3 rings (SSSR count). The van der Waals surface area contributed by atoms with Gasteiger partial charge in [-0.2, -0.15) is 0 Å². The van der Waals surface area contributed by atoms with Gasteiger partial charge in [-0.3, -0.25) is 18.9 Å². The van der Waals surface area contributed by atoms with Gasteiger partial charge in [0.2, 0.25) is 11.7 Å². The minimum atomic E-state index is -4.76. The average Bonchev–Trinajstić information content (AvgIpc) is 3.03. The van der Waals surface area contributed by atoms with Crippen molar-refractivity contribution in [2.45, 2.75) is 24.5 Å². The zero-order valence-electron chi connectivity index (χ0n) is 13.8. The maximum Gasteiger partial charge on any atom is 0.469 e. The molecule has 0 spiro atoms. The van der Waals surface area contributed by atoms with Crippen molar-refractivity contribution in [3.05, 3.63) is 16.7 Å². The van der Waals surface area contributed by atoms with E-state index in [0.29, 0.717) is 0 Å². The van der Waals surface area contributed by atoms with Crippen molar-refractivity contribution in [3.8, 4) is 0 Å². The van der Waals surface area contributed by atoms with Crippen LogP contribution in [0.3, 0.4) is 0 Å². The lowest BCUT2D eigenvalue weighted by Gasteiger charge is -2.14. The number of hydrogen-bond donors (Lipinski definition) is 6. The largest absolute Gasteiger partial charge is 0.469 e. The molecule has 13 nitrogen and oxygen atoms in total. The number of nitrogens with one attached hydrogen (secondary N) is 2. The molecule has 6 N–H and O–H groups in total. The normalized spacial score (nSPS) is 26.5. The van der Waals surface area contributed by atoms with E-state index in [9.17, 15) is 19.6 Å². The first-order valence-electron chi connectivity index (χ1n) is 7.52. The highest BCUT2D eigenvalue weighted by molar-refractivity contribution is 7.46. The van der Waals surface area contributed by atoms with E-state index in [-0.39, 0.29) is 17.1 Å². The van der Waals surface area contributed by atoms with E-state index >= 15 is 0 Å². The van der Waals surface area contributed by atoms with Crippen LogP contribution in [-0.2, 0) is 20.9 Å². The van der Waals surface area contributed by atoms with E-state index in [1.807, 2.05) is 0 Å². The lowest BCUT2D eigenvalue weighted by Crippen LogP contribution is -2.46. The Labute approximate surface area is 146 Å². The Hall–Kier alpha value is -1.86. The predicted molar refractivity (Wildman–Crippen MR) is 85.0 cm³/mol. The molecule has 0 aromatic carbocycles. The summed E-state index contributed by atoms with van der Waals surface area (Å²) in [6.45, 7) is -0.625. The molecule has 1 aliphatic heterocycles. The summed E-state index contributed by atoms with van der Waals surface area (Å²) >= 11 is 0. The van der Waals surface area contributed by atoms with Gasteiger partial charge in [-0.25, -0.2) is 9.13 Å². The number of phosphoric acid groups is 1.